The van der Waals surface area contributed by atoms with Gasteiger partial charge in [0.15, 0.2) is 0 Å². The van der Waals surface area contributed by atoms with E-state index in [1.165, 1.54) is 25.3 Å². The molecule has 0 aromatic heterocycles. The highest BCUT2D eigenvalue weighted by Gasteiger charge is 2.26. The summed E-state index contributed by atoms with van der Waals surface area (Å²) in [6, 6.07) is 11.2. The molecule has 1 heterocycles. The number of carbonyl (C=O) groups excluding carboxylic acids is 1. The molecule has 0 spiro atoms. The van der Waals surface area contributed by atoms with Crippen LogP contribution in [0.15, 0.2) is 47.4 Å². The second-order valence-electron chi connectivity index (χ2n) is 7.21. The van der Waals surface area contributed by atoms with Gasteiger partial charge in [0.25, 0.3) is 5.91 Å². The van der Waals surface area contributed by atoms with E-state index in [1.807, 2.05) is 31.2 Å². The minimum absolute atomic E-state index is 0.0311. The summed E-state index contributed by atoms with van der Waals surface area (Å²) in [6.07, 6.45) is 1.90. The predicted octanol–water partition coefficient (Wildman–Crippen LogP) is 3.37. The summed E-state index contributed by atoms with van der Waals surface area (Å²) >= 11 is 0. The first-order chi connectivity index (χ1) is 14.4. The molecule has 2 aromatic rings. The van der Waals surface area contributed by atoms with Gasteiger partial charge in [0.2, 0.25) is 10.0 Å². The number of methoxy groups -OCH3 is 1. The van der Waals surface area contributed by atoms with Gasteiger partial charge in [-0.25, -0.2) is 13.1 Å². The molecular weight excluding hydrogens is 404 g/mol. The van der Waals surface area contributed by atoms with Crippen LogP contribution in [0.2, 0.25) is 0 Å². The van der Waals surface area contributed by atoms with Crippen LogP contribution >= 0.6 is 0 Å². The molecular formula is C22H28N2O5S. The molecule has 1 amide bonds. The maximum absolute atomic E-state index is 13.0. The molecule has 30 heavy (non-hydrogen) atoms. The van der Waals surface area contributed by atoms with Crippen molar-refractivity contribution in [3.8, 4) is 11.5 Å². The maximum atomic E-state index is 13.0. The number of carbonyl (C=O) groups is 1. The van der Waals surface area contributed by atoms with Gasteiger partial charge in [0.1, 0.15) is 11.5 Å². The molecule has 1 aliphatic heterocycles. The number of hydrogen-bond acceptors (Lipinski definition) is 5. The predicted molar refractivity (Wildman–Crippen MR) is 114 cm³/mol. The molecule has 1 fully saturated rings. The van der Waals surface area contributed by atoms with Gasteiger partial charge in [-0.1, -0.05) is 12.1 Å². The Morgan fingerprint density at radius 3 is 2.40 bits per heavy atom. The lowest BCUT2D eigenvalue weighted by Crippen LogP contribution is -2.29. The summed E-state index contributed by atoms with van der Waals surface area (Å²) < 4.78 is 39.4. The fraction of sp³-hybridized carbons (Fsp3) is 0.409. The zero-order chi connectivity index (χ0) is 21.7. The molecule has 8 heteroatoms. The number of likely N-dealkylation sites (tertiary alicyclic amines) is 1. The van der Waals surface area contributed by atoms with E-state index in [2.05, 4.69) is 4.72 Å². The summed E-state index contributed by atoms with van der Waals surface area (Å²) in [5.74, 6) is 0.892. The lowest BCUT2D eigenvalue weighted by Gasteiger charge is -2.19. The van der Waals surface area contributed by atoms with E-state index in [9.17, 15) is 13.2 Å². The fourth-order valence-electron chi connectivity index (χ4n) is 3.50. The number of sulfonamides is 1. The van der Waals surface area contributed by atoms with Crippen molar-refractivity contribution in [3.63, 3.8) is 0 Å². The topological polar surface area (TPSA) is 84.9 Å². The molecule has 1 atom stereocenters. The minimum atomic E-state index is -3.84. The van der Waals surface area contributed by atoms with Crippen LogP contribution in [-0.2, 0) is 10.0 Å². The molecule has 3 rings (SSSR count). The monoisotopic (exact) mass is 432 g/mol. The first-order valence-electron chi connectivity index (χ1n) is 10.1. The van der Waals surface area contributed by atoms with E-state index in [4.69, 9.17) is 9.47 Å². The first kappa shape index (κ1) is 22.1. The van der Waals surface area contributed by atoms with E-state index in [0.29, 0.717) is 25.4 Å². The molecule has 0 bridgehead atoms. The lowest BCUT2D eigenvalue weighted by molar-refractivity contribution is 0.0789. The molecule has 7 nitrogen and oxygen atoms in total. The molecule has 1 N–H and O–H groups in total. The van der Waals surface area contributed by atoms with Gasteiger partial charge in [-0.3, -0.25) is 4.79 Å². The number of amides is 1. The molecule has 1 saturated heterocycles. The standard InChI is InChI=1S/C22H28N2O5S/c1-4-29-18-9-7-17(8-10-18)16(2)23-30(26,27)19-11-12-21(28-3)20(15-19)22(25)24-13-5-6-14-24/h7-12,15-16,23H,4-6,13-14H2,1-3H3. The smallest absolute Gasteiger partial charge is 0.257 e. The number of nitrogens with zero attached hydrogens (tertiary/aromatic N) is 1. The zero-order valence-electron chi connectivity index (χ0n) is 17.6. The van der Waals surface area contributed by atoms with Gasteiger partial charge in [-0.05, 0) is 62.6 Å². The third-order valence-electron chi connectivity index (χ3n) is 5.13. The van der Waals surface area contributed by atoms with Gasteiger partial charge < -0.3 is 14.4 Å². The summed E-state index contributed by atoms with van der Waals surface area (Å²) in [5, 5.41) is 0. The Balaban J connectivity index is 1.82. The molecule has 0 aliphatic carbocycles. The maximum Gasteiger partial charge on any atom is 0.257 e. The van der Waals surface area contributed by atoms with Crippen LogP contribution in [0, 0.1) is 0 Å². The van der Waals surface area contributed by atoms with Gasteiger partial charge in [-0.2, -0.15) is 0 Å². The largest absolute Gasteiger partial charge is 0.496 e. The Morgan fingerprint density at radius 1 is 1.13 bits per heavy atom. The van der Waals surface area contributed by atoms with Crippen molar-refractivity contribution < 1.29 is 22.7 Å². The number of benzene rings is 2. The Morgan fingerprint density at radius 2 is 1.80 bits per heavy atom. The third kappa shape index (κ3) is 4.94. The summed E-state index contributed by atoms with van der Waals surface area (Å²) in [6.45, 7) is 5.59. The average Bonchev–Trinajstić information content (AvgIpc) is 3.28. The van der Waals surface area contributed by atoms with Gasteiger partial charge >= 0.3 is 0 Å². The van der Waals surface area contributed by atoms with Crippen molar-refractivity contribution in [1.29, 1.82) is 0 Å². The van der Waals surface area contributed by atoms with Gasteiger partial charge in [0.05, 0.1) is 24.2 Å². The SMILES string of the molecule is CCOc1ccc(C(C)NS(=O)(=O)c2ccc(OC)c(C(=O)N3CCCC3)c2)cc1. The van der Waals surface area contributed by atoms with E-state index in [0.717, 1.165) is 24.2 Å². The average molecular weight is 433 g/mol. The van der Waals surface area contributed by atoms with Crippen molar-refractivity contribution in [1.82, 2.24) is 9.62 Å². The van der Waals surface area contributed by atoms with Gasteiger partial charge in [-0.15, -0.1) is 0 Å². The van der Waals surface area contributed by atoms with Crippen LogP contribution in [0.3, 0.4) is 0 Å². The number of nitrogens with one attached hydrogen (secondary N) is 1. The Bertz CT molecular complexity index is 983. The third-order valence-corrected chi connectivity index (χ3v) is 6.67. The Labute approximate surface area is 178 Å². The number of rotatable bonds is 8. The summed E-state index contributed by atoms with van der Waals surface area (Å²) in [4.78, 5) is 14.6. The highest BCUT2D eigenvalue weighted by Crippen LogP contribution is 2.27. The molecule has 0 radical (unpaired) electrons. The van der Waals surface area contributed by atoms with Crippen LogP contribution in [0.4, 0.5) is 0 Å². The second-order valence-corrected chi connectivity index (χ2v) is 8.92. The van der Waals surface area contributed by atoms with Crippen molar-refractivity contribution >= 4 is 15.9 Å². The van der Waals surface area contributed by atoms with E-state index >= 15 is 0 Å². The van der Waals surface area contributed by atoms with Crippen molar-refractivity contribution in [2.75, 3.05) is 26.8 Å². The molecule has 2 aromatic carbocycles. The summed E-state index contributed by atoms with van der Waals surface area (Å²) in [7, 11) is -2.37. The zero-order valence-corrected chi connectivity index (χ0v) is 18.4. The van der Waals surface area contributed by atoms with Crippen LogP contribution in [-0.4, -0.2) is 46.0 Å². The van der Waals surface area contributed by atoms with E-state index in [-0.39, 0.29) is 16.4 Å². The minimum Gasteiger partial charge on any atom is -0.496 e. The molecule has 162 valence electrons. The highest BCUT2D eigenvalue weighted by molar-refractivity contribution is 7.89. The molecule has 0 saturated carbocycles. The first-order valence-corrected chi connectivity index (χ1v) is 11.6. The van der Waals surface area contributed by atoms with Gasteiger partial charge in [0, 0.05) is 19.1 Å². The molecule has 1 unspecified atom stereocenters. The number of ether oxygens (including phenoxy) is 2. The van der Waals surface area contributed by atoms with Crippen molar-refractivity contribution in [3.05, 3.63) is 53.6 Å². The summed E-state index contributed by atoms with van der Waals surface area (Å²) in [5.41, 5.74) is 1.07. The van der Waals surface area contributed by atoms with Crippen LogP contribution < -0.4 is 14.2 Å². The van der Waals surface area contributed by atoms with Crippen molar-refractivity contribution in [2.24, 2.45) is 0 Å². The van der Waals surface area contributed by atoms with Crippen LogP contribution in [0.25, 0.3) is 0 Å². The van der Waals surface area contributed by atoms with Crippen molar-refractivity contribution in [2.45, 2.75) is 37.6 Å². The Hall–Kier alpha value is -2.58. The normalized spacial score (nSPS) is 15.1. The quantitative estimate of drug-likeness (QED) is 0.691. The molecule has 1 aliphatic rings. The lowest BCUT2D eigenvalue weighted by atomic mass is 10.1. The van der Waals surface area contributed by atoms with E-state index in [1.54, 1.807) is 11.8 Å². The number of hydrogen-bond donors (Lipinski definition) is 1. The second kappa shape index (κ2) is 9.49. The van der Waals surface area contributed by atoms with E-state index < -0.39 is 16.1 Å². The fourth-order valence-corrected chi connectivity index (χ4v) is 4.76. The Kier molecular flexibility index (Phi) is 6.99. The van der Waals surface area contributed by atoms with Crippen LogP contribution in [0.5, 0.6) is 11.5 Å². The van der Waals surface area contributed by atoms with Crippen LogP contribution in [0.1, 0.15) is 48.7 Å². The highest BCUT2D eigenvalue weighted by atomic mass is 32.2.